The summed E-state index contributed by atoms with van der Waals surface area (Å²) in [5.74, 6) is -1.75. The number of esters is 1. The lowest BCUT2D eigenvalue weighted by atomic mass is 9.95. The van der Waals surface area contributed by atoms with Crippen LogP contribution in [0.1, 0.15) is 32.5 Å². The normalized spacial score (nSPS) is 16.2. The number of methoxy groups -OCH3 is 1. The minimum absolute atomic E-state index is 0.0107. The molecule has 1 aliphatic heterocycles. The summed E-state index contributed by atoms with van der Waals surface area (Å²) < 4.78 is 16.0. The average Bonchev–Trinajstić information content (AvgIpc) is 3.46. The molecule has 0 bridgehead atoms. The standard InChI is InChI=1S/C29H26N2O7S/c1-5-14-37-20-12-10-18(11-13-20)23-22(24(32)19-8-7-9-21(16-19)36-4)25(33)27(34)31(23)29-30-17(3)26(39-29)28(35)38-15-6-2/h5-13,16,23,32H,1-2,14-15H2,3-4H3. The Morgan fingerprint density at radius 1 is 1.10 bits per heavy atom. The van der Waals surface area contributed by atoms with Crippen molar-refractivity contribution >= 4 is 39.9 Å². The van der Waals surface area contributed by atoms with E-state index in [9.17, 15) is 19.5 Å². The van der Waals surface area contributed by atoms with Crippen molar-refractivity contribution in [3.8, 4) is 11.5 Å². The van der Waals surface area contributed by atoms with Crippen molar-refractivity contribution in [3.63, 3.8) is 0 Å². The number of nitrogens with zero attached hydrogens (tertiary/aromatic N) is 2. The number of carbonyl (C=O) groups is 3. The number of Topliss-reactive ketones (excluding diaryl/α,β-unsaturated/α-hetero) is 1. The van der Waals surface area contributed by atoms with Gasteiger partial charge in [0, 0.05) is 5.56 Å². The molecule has 2 aromatic carbocycles. The van der Waals surface area contributed by atoms with Crippen LogP contribution in [0.15, 0.2) is 79.4 Å². The van der Waals surface area contributed by atoms with Gasteiger partial charge in [-0.15, -0.1) is 0 Å². The first-order valence-electron chi connectivity index (χ1n) is 11.8. The predicted octanol–water partition coefficient (Wildman–Crippen LogP) is 4.99. The van der Waals surface area contributed by atoms with Crippen molar-refractivity contribution in [3.05, 3.63) is 101 Å². The van der Waals surface area contributed by atoms with E-state index in [1.807, 2.05) is 0 Å². The summed E-state index contributed by atoms with van der Waals surface area (Å²) in [6.07, 6.45) is 3.05. The summed E-state index contributed by atoms with van der Waals surface area (Å²) in [6.45, 7) is 9.09. The van der Waals surface area contributed by atoms with Crippen LogP contribution < -0.4 is 14.4 Å². The molecule has 39 heavy (non-hydrogen) atoms. The van der Waals surface area contributed by atoms with Gasteiger partial charge in [0.15, 0.2) is 5.13 Å². The van der Waals surface area contributed by atoms with Crippen molar-refractivity contribution in [2.45, 2.75) is 13.0 Å². The second-order valence-electron chi connectivity index (χ2n) is 8.37. The molecule has 1 aliphatic rings. The number of anilines is 1. The lowest BCUT2D eigenvalue weighted by Gasteiger charge is -2.23. The van der Waals surface area contributed by atoms with Gasteiger partial charge in [0.05, 0.1) is 24.4 Å². The Bertz CT molecular complexity index is 1470. The third kappa shape index (κ3) is 5.46. The van der Waals surface area contributed by atoms with Crippen LogP contribution in [0.4, 0.5) is 5.13 Å². The number of benzene rings is 2. The molecule has 2 heterocycles. The van der Waals surface area contributed by atoms with Crippen LogP contribution in [-0.4, -0.2) is 48.1 Å². The van der Waals surface area contributed by atoms with Crippen molar-refractivity contribution in [1.29, 1.82) is 0 Å². The highest BCUT2D eigenvalue weighted by atomic mass is 32.1. The largest absolute Gasteiger partial charge is 0.507 e. The molecule has 1 aromatic heterocycles. The third-order valence-corrected chi connectivity index (χ3v) is 7.00. The molecule has 1 N–H and O–H groups in total. The maximum atomic E-state index is 13.4. The summed E-state index contributed by atoms with van der Waals surface area (Å²) >= 11 is 0.922. The van der Waals surface area contributed by atoms with E-state index in [0.29, 0.717) is 34.9 Å². The van der Waals surface area contributed by atoms with Gasteiger partial charge in [-0.1, -0.05) is 60.9 Å². The van der Waals surface area contributed by atoms with E-state index in [-0.39, 0.29) is 27.9 Å². The zero-order chi connectivity index (χ0) is 28.1. The number of aryl methyl sites for hydroxylation is 1. The number of ether oxygens (including phenoxy) is 3. The minimum atomic E-state index is -1.03. The first-order valence-corrected chi connectivity index (χ1v) is 12.7. The molecule has 4 rings (SSSR count). The Morgan fingerprint density at radius 3 is 2.49 bits per heavy atom. The average molecular weight is 547 g/mol. The molecule has 0 spiro atoms. The Kier molecular flexibility index (Phi) is 8.26. The number of hydrogen-bond acceptors (Lipinski definition) is 9. The Hall–Kier alpha value is -4.70. The van der Waals surface area contributed by atoms with Crippen molar-refractivity contribution in [2.24, 2.45) is 0 Å². The van der Waals surface area contributed by atoms with E-state index in [1.54, 1.807) is 61.5 Å². The number of aromatic nitrogens is 1. The fourth-order valence-corrected chi connectivity index (χ4v) is 5.03. The Balaban J connectivity index is 1.86. The van der Waals surface area contributed by atoms with Gasteiger partial charge >= 0.3 is 11.9 Å². The van der Waals surface area contributed by atoms with Gasteiger partial charge in [-0.05, 0) is 36.8 Å². The van der Waals surface area contributed by atoms with E-state index in [4.69, 9.17) is 14.2 Å². The summed E-state index contributed by atoms with van der Waals surface area (Å²) in [5, 5.41) is 11.4. The molecule has 0 radical (unpaired) electrons. The fourth-order valence-electron chi connectivity index (χ4n) is 4.05. The van der Waals surface area contributed by atoms with Gasteiger partial charge in [-0.3, -0.25) is 14.5 Å². The molecule has 1 atom stereocenters. The quantitative estimate of drug-likeness (QED) is 0.124. The van der Waals surface area contributed by atoms with Crippen LogP contribution in [-0.2, 0) is 14.3 Å². The number of rotatable bonds is 10. The van der Waals surface area contributed by atoms with Crippen molar-refractivity contribution in [1.82, 2.24) is 4.98 Å². The topological polar surface area (TPSA) is 115 Å². The van der Waals surface area contributed by atoms with Gasteiger partial charge in [0.1, 0.15) is 35.3 Å². The highest BCUT2D eigenvalue weighted by Crippen LogP contribution is 2.44. The maximum absolute atomic E-state index is 13.4. The minimum Gasteiger partial charge on any atom is -0.507 e. The zero-order valence-corrected chi connectivity index (χ0v) is 22.2. The first-order chi connectivity index (χ1) is 18.8. The summed E-state index contributed by atoms with van der Waals surface area (Å²) in [4.78, 5) is 45.2. The lowest BCUT2D eigenvalue weighted by molar-refractivity contribution is -0.132. The monoisotopic (exact) mass is 546 g/mol. The summed E-state index contributed by atoms with van der Waals surface area (Å²) in [6, 6.07) is 12.3. The molecule has 1 fully saturated rings. The van der Waals surface area contributed by atoms with Crippen LogP contribution >= 0.6 is 11.3 Å². The number of thiazole rings is 1. The molecular weight excluding hydrogens is 520 g/mol. The highest BCUT2D eigenvalue weighted by Gasteiger charge is 2.48. The van der Waals surface area contributed by atoms with E-state index in [0.717, 1.165) is 11.3 Å². The molecular formula is C29H26N2O7S. The number of aliphatic hydroxyl groups excluding tert-OH is 1. The third-order valence-electron chi connectivity index (χ3n) is 5.86. The van der Waals surface area contributed by atoms with E-state index in [1.165, 1.54) is 18.1 Å². The van der Waals surface area contributed by atoms with Crippen LogP contribution in [0, 0.1) is 6.92 Å². The molecule has 0 aliphatic carbocycles. The van der Waals surface area contributed by atoms with E-state index in [2.05, 4.69) is 18.1 Å². The van der Waals surface area contributed by atoms with Crippen molar-refractivity contribution in [2.75, 3.05) is 25.2 Å². The molecule has 0 saturated carbocycles. The number of hydrogen-bond donors (Lipinski definition) is 1. The molecule has 1 amide bonds. The number of ketones is 1. The SMILES string of the molecule is C=CCOC(=O)c1sc(N2C(=O)C(=O)C(=C(O)c3cccc(OC)c3)C2c2ccc(OCC=C)cc2)nc1C. The van der Waals surface area contributed by atoms with Crippen LogP contribution in [0.2, 0.25) is 0 Å². The smallest absolute Gasteiger partial charge is 0.350 e. The van der Waals surface area contributed by atoms with Gasteiger partial charge < -0.3 is 19.3 Å². The molecule has 10 heteroatoms. The zero-order valence-electron chi connectivity index (χ0n) is 21.4. The van der Waals surface area contributed by atoms with Gasteiger partial charge in [0.25, 0.3) is 5.78 Å². The van der Waals surface area contributed by atoms with E-state index < -0.39 is 23.7 Å². The number of aliphatic hydroxyl groups is 1. The van der Waals surface area contributed by atoms with Gasteiger partial charge in [-0.2, -0.15) is 0 Å². The predicted molar refractivity (Wildman–Crippen MR) is 147 cm³/mol. The summed E-state index contributed by atoms with van der Waals surface area (Å²) in [5.41, 5.74) is 1.03. The lowest BCUT2D eigenvalue weighted by Crippen LogP contribution is -2.29. The van der Waals surface area contributed by atoms with Crippen LogP contribution in [0.5, 0.6) is 11.5 Å². The molecule has 1 saturated heterocycles. The number of carbonyl (C=O) groups excluding carboxylic acids is 3. The Morgan fingerprint density at radius 2 is 1.82 bits per heavy atom. The molecule has 3 aromatic rings. The molecule has 1 unspecified atom stereocenters. The van der Waals surface area contributed by atoms with Crippen LogP contribution in [0.25, 0.3) is 5.76 Å². The molecule has 200 valence electrons. The number of amides is 1. The Labute approximate surface area is 229 Å². The fraction of sp³-hybridized carbons (Fsp3) is 0.172. The maximum Gasteiger partial charge on any atom is 0.350 e. The second kappa shape index (κ2) is 11.8. The van der Waals surface area contributed by atoms with Crippen LogP contribution in [0.3, 0.4) is 0 Å². The highest BCUT2D eigenvalue weighted by molar-refractivity contribution is 7.17. The molecule has 9 nitrogen and oxygen atoms in total. The van der Waals surface area contributed by atoms with Gasteiger partial charge in [0.2, 0.25) is 0 Å². The first kappa shape index (κ1) is 27.3. The summed E-state index contributed by atoms with van der Waals surface area (Å²) in [7, 11) is 1.48. The van der Waals surface area contributed by atoms with Gasteiger partial charge in [-0.25, -0.2) is 9.78 Å². The van der Waals surface area contributed by atoms with E-state index >= 15 is 0 Å². The van der Waals surface area contributed by atoms with Crippen molar-refractivity contribution < 1.29 is 33.7 Å². The second-order valence-corrected chi connectivity index (χ2v) is 9.35.